The van der Waals surface area contributed by atoms with Gasteiger partial charge in [0.2, 0.25) is 0 Å². The van der Waals surface area contributed by atoms with Gasteiger partial charge in [0, 0.05) is 30.6 Å². The predicted octanol–water partition coefficient (Wildman–Crippen LogP) is 2.65. The lowest BCUT2D eigenvalue weighted by Gasteiger charge is -2.29. The second-order valence-electron chi connectivity index (χ2n) is 6.03. The molecule has 1 aromatic heterocycles. The number of nitrogens with zero attached hydrogens (tertiary/aromatic N) is 3. The maximum atomic E-state index is 5.90. The second kappa shape index (κ2) is 6.87. The maximum absolute atomic E-state index is 5.90. The third-order valence-electron chi connectivity index (χ3n) is 4.07. The summed E-state index contributed by atoms with van der Waals surface area (Å²) in [4.78, 5) is 11.1. The molecule has 0 spiro atoms. The largest absolute Gasteiger partial charge is 0.344 e. The third kappa shape index (κ3) is 3.32. The van der Waals surface area contributed by atoms with Gasteiger partial charge < -0.3 is 15.5 Å². The van der Waals surface area contributed by atoms with E-state index in [1.807, 2.05) is 0 Å². The number of nitrogens with two attached hydrogens (primary N) is 1. The van der Waals surface area contributed by atoms with Crippen LogP contribution in [0.25, 0.3) is 0 Å². The summed E-state index contributed by atoms with van der Waals surface area (Å²) in [6.45, 7) is 10.7. The molecule has 0 amide bonds. The Kier molecular flexibility index (Phi) is 5.41. The summed E-state index contributed by atoms with van der Waals surface area (Å²) in [5, 5.41) is 1.18. The molecule has 1 saturated heterocycles. The lowest BCUT2D eigenvalue weighted by Crippen LogP contribution is -2.39. The molecule has 1 aromatic rings. The average molecular weight is 296 g/mol. The fraction of sp³-hybridized carbons (Fsp3) is 0.800. The standard InChI is InChI=1S/C15H28N4S/c1-5-12-10-18(4)7-6-8-19(12)15-17-14(11(2)3)13(9-16)20-15/h11-12H,5-10,16H2,1-4H3. The van der Waals surface area contributed by atoms with Crippen molar-refractivity contribution >= 4 is 16.5 Å². The van der Waals surface area contributed by atoms with Crippen LogP contribution in [0.15, 0.2) is 0 Å². The van der Waals surface area contributed by atoms with Crippen LogP contribution in [0, 0.1) is 0 Å². The highest BCUT2D eigenvalue weighted by atomic mass is 32.1. The second-order valence-corrected chi connectivity index (χ2v) is 7.10. The summed E-state index contributed by atoms with van der Waals surface area (Å²) >= 11 is 1.80. The van der Waals surface area contributed by atoms with Crippen LogP contribution in [0.1, 0.15) is 50.1 Å². The van der Waals surface area contributed by atoms with Gasteiger partial charge in [-0.3, -0.25) is 0 Å². The normalized spacial score (nSPS) is 21.5. The Morgan fingerprint density at radius 3 is 2.70 bits per heavy atom. The average Bonchev–Trinajstić information content (AvgIpc) is 2.76. The highest BCUT2D eigenvalue weighted by Crippen LogP contribution is 2.32. The van der Waals surface area contributed by atoms with E-state index in [0.29, 0.717) is 18.5 Å². The van der Waals surface area contributed by atoms with E-state index < -0.39 is 0 Å². The van der Waals surface area contributed by atoms with Gasteiger partial charge in [-0.25, -0.2) is 4.98 Å². The first-order chi connectivity index (χ1) is 9.56. The predicted molar refractivity (Wildman–Crippen MR) is 87.6 cm³/mol. The van der Waals surface area contributed by atoms with E-state index >= 15 is 0 Å². The van der Waals surface area contributed by atoms with Crippen LogP contribution >= 0.6 is 11.3 Å². The number of rotatable bonds is 4. The van der Waals surface area contributed by atoms with Crippen LogP contribution in [0.2, 0.25) is 0 Å². The van der Waals surface area contributed by atoms with E-state index in [-0.39, 0.29) is 0 Å². The van der Waals surface area contributed by atoms with Crippen molar-refractivity contribution in [2.75, 3.05) is 31.6 Å². The van der Waals surface area contributed by atoms with Crippen molar-refractivity contribution in [2.45, 2.75) is 52.1 Å². The van der Waals surface area contributed by atoms with Gasteiger partial charge in [-0.2, -0.15) is 0 Å². The number of hydrogen-bond donors (Lipinski definition) is 1. The molecule has 4 nitrogen and oxygen atoms in total. The minimum Gasteiger partial charge on any atom is -0.344 e. The summed E-state index contributed by atoms with van der Waals surface area (Å²) in [6.07, 6.45) is 2.38. The molecule has 114 valence electrons. The van der Waals surface area contributed by atoms with Gasteiger partial charge in [0.05, 0.1) is 5.69 Å². The van der Waals surface area contributed by atoms with Crippen molar-refractivity contribution in [3.63, 3.8) is 0 Å². The number of hydrogen-bond acceptors (Lipinski definition) is 5. The van der Waals surface area contributed by atoms with Crippen LogP contribution in [-0.2, 0) is 6.54 Å². The van der Waals surface area contributed by atoms with Crippen LogP contribution < -0.4 is 10.6 Å². The fourth-order valence-corrected chi connectivity index (χ4v) is 4.11. The van der Waals surface area contributed by atoms with Crippen molar-refractivity contribution in [1.82, 2.24) is 9.88 Å². The van der Waals surface area contributed by atoms with Crippen LogP contribution in [-0.4, -0.2) is 42.6 Å². The Hall–Kier alpha value is -0.650. The van der Waals surface area contributed by atoms with Crippen molar-refractivity contribution in [1.29, 1.82) is 0 Å². The zero-order valence-electron chi connectivity index (χ0n) is 13.2. The van der Waals surface area contributed by atoms with Gasteiger partial charge in [0.25, 0.3) is 0 Å². The minimum absolute atomic E-state index is 0.452. The summed E-state index contributed by atoms with van der Waals surface area (Å²) < 4.78 is 0. The molecule has 1 aliphatic rings. The lowest BCUT2D eigenvalue weighted by molar-refractivity contribution is 0.328. The molecule has 2 N–H and O–H groups in total. The highest BCUT2D eigenvalue weighted by molar-refractivity contribution is 7.15. The first-order valence-corrected chi connectivity index (χ1v) is 8.53. The Morgan fingerprint density at radius 2 is 2.15 bits per heavy atom. The van der Waals surface area contributed by atoms with Gasteiger partial charge in [-0.15, -0.1) is 11.3 Å². The zero-order valence-corrected chi connectivity index (χ0v) is 14.0. The molecular formula is C15H28N4S. The van der Waals surface area contributed by atoms with Gasteiger partial charge in [-0.1, -0.05) is 20.8 Å². The Morgan fingerprint density at radius 1 is 1.40 bits per heavy atom. The molecule has 1 fully saturated rings. The van der Waals surface area contributed by atoms with E-state index in [1.165, 1.54) is 35.1 Å². The molecule has 0 bridgehead atoms. The smallest absolute Gasteiger partial charge is 0.186 e. The quantitative estimate of drug-likeness (QED) is 0.928. The summed E-state index contributed by atoms with van der Waals surface area (Å²) in [5.74, 6) is 0.452. The number of thiazole rings is 1. The van der Waals surface area contributed by atoms with Crippen LogP contribution in [0.4, 0.5) is 5.13 Å². The molecule has 0 saturated carbocycles. The number of likely N-dealkylation sites (N-methyl/N-ethyl adjacent to an activating group) is 1. The van der Waals surface area contributed by atoms with Crippen LogP contribution in [0.3, 0.4) is 0 Å². The molecule has 2 rings (SSSR count). The minimum atomic E-state index is 0.452. The molecular weight excluding hydrogens is 268 g/mol. The zero-order chi connectivity index (χ0) is 14.7. The number of anilines is 1. The Bertz CT molecular complexity index is 430. The van der Waals surface area contributed by atoms with Crippen molar-refractivity contribution in [3.05, 3.63) is 10.6 Å². The van der Waals surface area contributed by atoms with E-state index in [1.54, 1.807) is 11.3 Å². The Balaban J connectivity index is 2.28. The molecule has 0 aromatic carbocycles. The molecule has 0 radical (unpaired) electrons. The molecule has 5 heteroatoms. The first kappa shape index (κ1) is 15.7. The third-order valence-corrected chi connectivity index (χ3v) is 5.20. The SMILES string of the molecule is CCC1CN(C)CCCN1c1nc(C(C)C)c(CN)s1. The highest BCUT2D eigenvalue weighted by Gasteiger charge is 2.26. The molecule has 0 aliphatic carbocycles. The lowest BCUT2D eigenvalue weighted by atomic mass is 10.1. The van der Waals surface area contributed by atoms with Crippen LogP contribution in [0.5, 0.6) is 0 Å². The van der Waals surface area contributed by atoms with E-state index in [2.05, 4.69) is 37.6 Å². The molecule has 2 heterocycles. The maximum Gasteiger partial charge on any atom is 0.186 e. The van der Waals surface area contributed by atoms with Gasteiger partial charge in [0.1, 0.15) is 0 Å². The topological polar surface area (TPSA) is 45.4 Å². The fourth-order valence-electron chi connectivity index (χ4n) is 2.92. The van der Waals surface area contributed by atoms with Gasteiger partial charge in [-0.05, 0) is 32.4 Å². The molecule has 1 unspecified atom stereocenters. The van der Waals surface area contributed by atoms with Crippen molar-refractivity contribution in [3.8, 4) is 0 Å². The molecule has 20 heavy (non-hydrogen) atoms. The Labute approximate surface area is 127 Å². The molecule has 1 atom stereocenters. The van der Waals surface area contributed by atoms with Crippen molar-refractivity contribution in [2.24, 2.45) is 5.73 Å². The molecule has 1 aliphatic heterocycles. The number of aromatic nitrogens is 1. The van der Waals surface area contributed by atoms with E-state index in [0.717, 1.165) is 13.1 Å². The van der Waals surface area contributed by atoms with E-state index in [9.17, 15) is 0 Å². The van der Waals surface area contributed by atoms with Gasteiger partial charge >= 0.3 is 0 Å². The van der Waals surface area contributed by atoms with E-state index in [4.69, 9.17) is 10.7 Å². The van der Waals surface area contributed by atoms with Gasteiger partial charge in [0.15, 0.2) is 5.13 Å². The first-order valence-electron chi connectivity index (χ1n) is 7.71. The van der Waals surface area contributed by atoms with Crippen molar-refractivity contribution < 1.29 is 0 Å². The summed E-state index contributed by atoms with van der Waals surface area (Å²) in [7, 11) is 2.22. The monoisotopic (exact) mass is 296 g/mol. The summed E-state index contributed by atoms with van der Waals surface area (Å²) in [5.41, 5.74) is 7.09. The summed E-state index contributed by atoms with van der Waals surface area (Å²) in [6, 6.07) is 0.569.